The summed E-state index contributed by atoms with van der Waals surface area (Å²) in [7, 11) is 3.16. The molecule has 138 valence electrons. The predicted octanol–water partition coefficient (Wildman–Crippen LogP) is 3.05. The normalized spacial score (nSPS) is 11.5. The fraction of sp³-hybridized carbons (Fsp3) is 0.300. The van der Waals surface area contributed by atoms with Gasteiger partial charge in [-0.1, -0.05) is 41.9 Å². The van der Waals surface area contributed by atoms with E-state index in [1.807, 2.05) is 42.5 Å². The van der Waals surface area contributed by atoms with Crippen LogP contribution in [-0.2, 0) is 22.6 Å². The fourth-order valence-electron chi connectivity index (χ4n) is 2.63. The third-order valence-corrected chi connectivity index (χ3v) is 4.59. The Hall–Kier alpha value is -2.53. The molecule has 2 amide bonds. The summed E-state index contributed by atoms with van der Waals surface area (Å²) in [5.41, 5.74) is 1.65. The minimum absolute atomic E-state index is 0.136. The van der Waals surface area contributed by atoms with Crippen LogP contribution in [0.4, 0.5) is 0 Å². The number of carbonyl (C=O) groups excluding carboxylic acids is 2. The summed E-state index contributed by atoms with van der Waals surface area (Å²) in [4.78, 5) is 26.6. The lowest BCUT2D eigenvalue weighted by Crippen LogP contribution is -2.47. The maximum atomic E-state index is 12.9. The quantitative estimate of drug-likeness (QED) is 0.810. The molecule has 0 saturated heterocycles. The SMILES string of the molecule is CNC(=O)C(C)N(Cc1ccc(OC)cc1)C(=O)Cc1ccccc1Cl. The third-order valence-electron chi connectivity index (χ3n) is 4.23. The summed E-state index contributed by atoms with van der Waals surface area (Å²) in [6.45, 7) is 2.04. The van der Waals surface area contributed by atoms with E-state index < -0.39 is 6.04 Å². The summed E-state index contributed by atoms with van der Waals surface area (Å²) >= 11 is 6.17. The number of hydrogen-bond donors (Lipinski definition) is 1. The number of carbonyl (C=O) groups is 2. The van der Waals surface area contributed by atoms with Gasteiger partial charge in [-0.3, -0.25) is 9.59 Å². The van der Waals surface area contributed by atoms with E-state index in [9.17, 15) is 9.59 Å². The topological polar surface area (TPSA) is 58.6 Å². The molecule has 6 heteroatoms. The van der Waals surface area contributed by atoms with Crippen LogP contribution in [0.25, 0.3) is 0 Å². The predicted molar refractivity (Wildman–Crippen MR) is 102 cm³/mol. The van der Waals surface area contributed by atoms with E-state index in [2.05, 4.69) is 5.32 Å². The number of nitrogens with zero attached hydrogens (tertiary/aromatic N) is 1. The van der Waals surface area contributed by atoms with Crippen molar-refractivity contribution in [3.63, 3.8) is 0 Å². The van der Waals surface area contributed by atoms with Crippen molar-refractivity contribution in [2.75, 3.05) is 14.2 Å². The molecule has 2 aromatic rings. The number of amides is 2. The van der Waals surface area contributed by atoms with Crippen LogP contribution in [0.15, 0.2) is 48.5 Å². The average molecular weight is 375 g/mol. The van der Waals surface area contributed by atoms with Gasteiger partial charge in [0, 0.05) is 18.6 Å². The van der Waals surface area contributed by atoms with Gasteiger partial charge in [-0.15, -0.1) is 0 Å². The van der Waals surface area contributed by atoms with Gasteiger partial charge in [0.15, 0.2) is 0 Å². The standard InChI is InChI=1S/C20H23ClN2O3/c1-14(20(25)22-2)23(13-15-8-10-17(26-3)11-9-15)19(24)12-16-6-4-5-7-18(16)21/h4-11,14H,12-13H2,1-3H3,(H,22,25). The summed E-state index contributed by atoms with van der Waals surface area (Å²) in [5.74, 6) is 0.359. The maximum absolute atomic E-state index is 12.9. The number of hydrogen-bond acceptors (Lipinski definition) is 3. The third kappa shape index (κ3) is 4.99. The monoisotopic (exact) mass is 374 g/mol. The lowest BCUT2D eigenvalue weighted by atomic mass is 10.1. The zero-order valence-electron chi connectivity index (χ0n) is 15.2. The van der Waals surface area contributed by atoms with Gasteiger partial charge >= 0.3 is 0 Å². The number of ether oxygens (including phenoxy) is 1. The van der Waals surface area contributed by atoms with Gasteiger partial charge < -0.3 is 15.0 Å². The number of methoxy groups -OCH3 is 1. The highest BCUT2D eigenvalue weighted by molar-refractivity contribution is 6.31. The molecule has 0 saturated carbocycles. The van der Waals surface area contributed by atoms with E-state index >= 15 is 0 Å². The highest BCUT2D eigenvalue weighted by atomic mass is 35.5. The zero-order valence-corrected chi connectivity index (χ0v) is 15.9. The van der Waals surface area contributed by atoms with Gasteiger partial charge in [-0.05, 0) is 36.2 Å². The van der Waals surface area contributed by atoms with Gasteiger partial charge in [-0.2, -0.15) is 0 Å². The first kappa shape index (κ1) is 19.8. The van der Waals surface area contributed by atoms with E-state index in [4.69, 9.17) is 16.3 Å². The van der Waals surface area contributed by atoms with E-state index in [1.165, 1.54) is 0 Å². The molecular formula is C20H23ClN2O3. The van der Waals surface area contributed by atoms with Crippen molar-refractivity contribution >= 4 is 23.4 Å². The van der Waals surface area contributed by atoms with Crippen LogP contribution in [0.5, 0.6) is 5.75 Å². The molecule has 2 aromatic carbocycles. The Morgan fingerprint density at radius 2 is 1.81 bits per heavy atom. The molecule has 0 fully saturated rings. The molecule has 0 aliphatic heterocycles. The van der Waals surface area contributed by atoms with Crippen LogP contribution < -0.4 is 10.1 Å². The molecule has 26 heavy (non-hydrogen) atoms. The Balaban J connectivity index is 2.23. The molecule has 0 aromatic heterocycles. The zero-order chi connectivity index (χ0) is 19.1. The Labute approximate surface area is 158 Å². The average Bonchev–Trinajstić information content (AvgIpc) is 2.67. The second-order valence-electron chi connectivity index (χ2n) is 5.93. The van der Waals surface area contributed by atoms with Crippen molar-refractivity contribution in [1.29, 1.82) is 0 Å². The Kier molecular flexibility index (Phi) is 7.04. The molecule has 2 rings (SSSR count). The molecule has 1 atom stereocenters. The van der Waals surface area contributed by atoms with Crippen LogP contribution in [-0.4, -0.2) is 36.9 Å². The van der Waals surface area contributed by atoms with Crippen LogP contribution in [0.2, 0.25) is 5.02 Å². The first-order valence-electron chi connectivity index (χ1n) is 8.33. The van der Waals surface area contributed by atoms with Crippen LogP contribution >= 0.6 is 11.6 Å². The van der Waals surface area contributed by atoms with Crippen molar-refractivity contribution < 1.29 is 14.3 Å². The van der Waals surface area contributed by atoms with Crippen LogP contribution in [0.1, 0.15) is 18.1 Å². The van der Waals surface area contributed by atoms with Gasteiger partial charge in [0.2, 0.25) is 11.8 Å². The number of nitrogens with one attached hydrogen (secondary N) is 1. The smallest absolute Gasteiger partial charge is 0.242 e. The minimum atomic E-state index is -0.600. The maximum Gasteiger partial charge on any atom is 0.242 e. The van der Waals surface area contributed by atoms with Crippen molar-refractivity contribution in [3.8, 4) is 5.75 Å². The van der Waals surface area contributed by atoms with Gasteiger partial charge in [-0.25, -0.2) is 0 Å². The van der Waals surface area contributed by atoms with E-state index in [-0.39, 0.29) is 18.2 Å². The molecule has 1 unspecified atom stereocenters. The fourth-order valence-corrected chi connectivity index (χ4v) is 2.83. The summed E-state index contributed by atoms with van der Waals surface area (Å²) in [6, 6.07) is 14.0. The van der Waals surface area contributed by atoms with E-state index in [0.29, 0.717) is 11.6 Å². The number of halogens is 1. The molecule has 0 spiro atoms. The number of likely N-dealkylation sites (N-methyl/N-ethyl adjacent to an activating group) is 1. The first-order valence-corrected chi connectivity index (χ1v) is 8.71. The summed E-state index contributed by atoms with van der Waals surface area (Å²) < 4.78 is 5.16. The molecule has 0 radical (unpaired) electrons. The van der Waals surface area contributed by atoms with Gasteiger partial charge in [0.1, 0.15) is 11.8 Å². The highest BCUT2D eigenvalue weighted by Gasteiger charge is 2.25. The number of rotatable bonds is 7. The molecule has 1 N–H and O–H groups in total. The largest absolute Gasteiger partial charge is 0.497 e. The molecule has 0 bridgehead atoms. The number of benzene rings is 2. The van der Waals surface area contributed by atoms with Crippen LogP contribution in [0.3, 0.4) is 0 Å². The Morgan fingerprint density at radius 3 is 2.38 bits per heavy atom. The summed E-state index contributed by atoms with van der Waals surface area (Å²) in [6.07, 6.45) is 0.136. The molecule has 0 aliphatic rings. The molecule has 0 heterocycles. The molecular weight excluding hydrogens is 352 g/mol. The first-order chi connectivity index (χ1) is 12.5. The van der Waals surface area contributed by atoms with Gasteiger partial charge in [0.05, 0.1) is 13.5 Å². The highest BCUT2D eigenvalue weighted by Crippen LogP contribution is 2.19. The lowest BCUT2D eigenvalue weighted by Gasteiger charge is -2.28. The Morgan fingerprint density at radius 1 is 1.15 bits per heavy atom. The van der Waals surface area contributed by atoms with Crippen molar-refractivity contribution in [3.05, 3.63) is 64.7 Å². The van der Waals surface area contributed by atoms with Crippen molar-refractivity contribution in [2.24, 2.45) is 0 Å². The second kappa shape index (κ2) is 9.25. The minimum Gasteiger partial charge on any atom is -0.497 e. The van der Waals surface area contributed by atoms with E-state index in [1.54, 1.807) is 32.0 Å². The molecule has 5 nitrogen and oxygen atoms in total. The van der Waals surface area contributed by atoms with Crippen molar-refractivity contribution in [2.45, 2.75) is 25.9 Å². The van der Waals surface area contributed by atoms with Gasteiger partial charge in [0.25, 0.3) is 0 Å². The van der Waals surface area contributed by atoms with E-state index in [0.717, 1.165) is 16.9 Å². The second-order valence-corrected chi connectivity index (χ2v) is 6.34. The molecule has 0 aliphatic carbocycles. The summed E-state index contributed by atoms with van der Waals surface area (Å²) in [5, 5.41) is 3.14. The van der Waals surface area contributed by atoms with Crippen molar-refractivity contribution in [1.82, 2.24) is 10.2 Å². The van der Waals surface area contributed by atoms with Crippen LogP contribution in [0, 0.1) is 0 Å². The Bertz CT molecular complexity index is 762. The lowest BCUT2D eigenvalue weighted by molar-refractivity contribution is -0.139.